The molecule has 1 aromatic rings. The monoisotopic (exact) mass is 564 g/mol. The number of ether oxygens (including phenoxy) is 2. The van der Waals surface area contributed by atoms with Crippen molar-refractivity contribution in [2.24, 2.45) is 5.92 Å². The first-order valence-electron chi connectivity index (χ1n) is 10.3. The van der Waals surface area contributed by atoms with Crippen molar-refractivity contribution < 1.29 is 67.3 Å². The van der Waals surface area contributed by atoms with Crippen molar-refractivity contribution in [1.82, 2.24) is 9.55 Å². The van der Waals surface area contributed by atoms with Gasteiger partial charge in [-0.3, -0.25) is 23.4 Å². The van der Waals surface area contributed by atoms with Crippen molar-refractivity contribution in [2.75, 3.05) is 13.2 Å². The van der Waals surface area contributed by atoms with Gasteiger partial charge in [-0.15, -0.1) is 0 Å². The molecular weight excluding hydrogens is 538 g/mol. The Kier molecular flexibility index (Phi) is 9.08. The van der Waals surface area contributed by atoms with Crippen LogP contribution in [0.4, 0.5) is 0 Å². The van der Waals surface area contributed by atoms with E-state index in [0.717, 1.165) is 16.8 Å². The Morgan fingerprint density at radius 2 is 1.64 bits per heavy atom. The van der Waals surface area contributed by atoms with Gasteiger partial charge in [0.25, 0.3) is 5.56 Å². The Morgan fingerprint density at radius 1 is 1.00 bits per heavy atom. The average Bonchev–Trinajstić information content (AvgIpc) is 3.06. The van der Waals surface area contributed by atoms with Gasteiger partial charge in [0, 0.05) is 18.2 Å². The smallest absolute Gasteiger partial charge is 0.394 e. The van der Waals surface area contributed by atoms with Crippen LogP contribution in [0.2, 0.25) is 0 Å². The molecule has 0 spiro atoms. The number of phosphoric ester groups is 2. The van der Waals surface area contributed by atoms with Crippen LogP contribution < -0.4 is 11.2 Å². The Labute approximate surface area is 201 Å². The van der Waals surface area contributed by atoms with Crippen molar-refractivity contribution in [3.8, 4) is 0 Å². The SMILES string of the molecule is CC1[C@@H](O[P@@](=O)(O)O[P@@](=O)(O)OCC2OC(n3ccc(=O)[nH]c3=O)C(O)C2O)OC(CO)[C@@H](O)[C@@H]1O. The predicted octanol–water partition coefficient (Wildman–Crippen LogP) is -3.52. The molecule has 0 radical (unpaired) electrons. The van der Waals surface area contributed by atoms with Gasteiger partial charge >= 0.3 is 21.3 Å². The Bertz CT molecular complexity index is 1120. The standard InChI is InChI=1S/C16H26N2O16P2/c1-6-10(21)11(22)7(4-19)32-15(6)33-36(28,29)34-35(26,27)30-5-8-12(23)13(24)14(31-8)18-3-2-9(20)17-16(18)25/h2-3,6-8,10-15,19,21-24H,4-5H2,1H3,(H,26,27)(H,28,29)(H,17,20,25)/t6?,7?,8?,10-,11-,12?,13?,14?,15-/m1/s1. The van der Waals surface area contributed by atoms with Crippen molar-refractivity contribution in [1.29, 1.82) is 0 Å². The van der Waals surface area contributed by atoms with Gasteiger partial charge in [0.1, 0.15) is 30.5 Å². The first-order chi connectivity index (χ1) is 16.7. The minimum absolute atomic E-state index is 0.733. The summed E-state index contributed by atoms with van der Waals surface area (Å²) >= 11 is 0. The number of aromatic amines is 1. The number of H-pyrrole nitrogens is 1. The molecule has 8 N–H and O–H groups in total. The maximum atomic E-state index is 12.3. The van der Waals surface area contributed by atoms with Gasteiger partial charge in [0.2, 0.25) is 0 Å². The molecule has 11 atom stereocenters. The third-order valence-corrected chi connectivity index (χ3v) is 8.10. The molecule has 1 aromatic heterocycles. The maximum absolute atomic E-state index is 12.3. The van der Waals surface area contributed by atoms with Crippen molar-refractivity contribution in [3.05, 3.63) is 33.1 Å². The van der Waals surface area contributed by atoms with Crippen LogP contribution >= 0.6 is 15.6 Å². The van der Waals surface area contributed by atoms with Crippen LogP contribution in [0.1, 0.15) is 13.2 Å². The molecule has 6 unspecified atom stereocenters. The van der Waals surface area contributed by atoms with Gasteiger partial charge in [-0.25, -0.2) is 13.9 Å². The number of aliphatic hydroxyl groups excluding tert-OH is 5. The third kappa shape index (κ3) is 6.56. The van der Waals surface area contributed by atoms with Crippen molar-refractivity contribution in [2.45, 2.75) is 56.1 Å². The summed E-state index contributed by atoms with van der Waals surface area (Å²) in [4.78, 5) is 44.7. The molecule has 2 aliphatic heterocycles. The van der Waals surface area contributed by atoms with Crippen LogP contribution in [0.15, 0.2) is 21.9 Å². The number of aliphatic hydroxyl groups is 5. The van der Waals surface area contributed by atoms with Gasteiger partial charge in [0.15, 0.2) is 12.5 Å². The fourth-order valence-electron chi connectivity index (χ4n) is 3.54. The summed E-state index contributed by atoms with van der Waals surface area (Å²) in [5.74, 6) is -1.14. The lowest BCUT2D eigenvalue weighted by Crippen LogP contribution is -2.55. The van der Waals surface area contributed by atoms with E-state index in [1.807, 2.05) is 4.98 Å². The molecule has 36 heavy (non-hydrogen) atoms. The molecule has 0 saturated carbocycles. The Morgan fingerprint density at radius 3 is 2.25 bits per heavy atom. The van der Waals surface area contributed by atoms with Crippen LogP contribution in [-0.4, -0.2) is 101 Å². The second kappa shape index (κ2) is 11.2. The Hall–Kier alpha value is -1.34. The van der Waals surface area contributed by atoms with E-state index in [1.54, 1.807) is 0 Å². The van der Waals surface area contributed by atoms with Crippen LogP contribution in [0.25, 0.3) is 0 Å². The van der Waals surface area contributed by atoms with E-state index in [4.69, 9.17) is 9.47 Å². The van der Waals surface area contributed by atoms with Gasteiger partial charge in [-0.05, 0) is 0 Å². The highest BCUT2D eigenvalue weighted by molar-refractivity contribution is 7.61. The summed E-state index contributed by atoms with van der Waals surface area (Å²) in [6.45, 7) is -0.505. The highest BCUT2D eigenvalue weighted by Gasteiger charge is 2.48. The fourth-order valence-corrected chi connectivity index (χ4v) is 5.76. The topological polar surface area (TPSA) is 277 Å². The molecule has 3 heterocycles. The molecule has 18 nitrogen and oxygen atoms in total. The highest BCUT2D eigenvalue weighted by atomic mass is 31.3. The zero-order chi connectivity index (χ0) is 27.0. The van der Waals surface area contributed by atoms with E-state index in [0.29, 0.717) is 0 Å². The molecule has 2 fully saturated rings. The number of phosphoric acid groups is 2. The van der Waals surface area contributed by atoms with E-state index in [2.05, 4.69) is 13.4 Å². The largest absolute Gasteiger partial charge is 0.483 e. The number of hydrogen-bond acceptors (Lipinski definition) is 14. The number of rotatable bonds is 9. The summed E-state index contributed by atoms with van der Waals surface area (Å²) in [6.07, 6.45) is -11.8. The minimum Gasteiger partial charge on any atom is -0.394 e. The molecule has 20 heteroatoms. The molecule has 0 aliphatic carbocycles. The van der Waals surface area contributed by atoms with Crippen LogP contribution in [0.3, 0.4) is 0 Å². The molecule has 3 rings (SSSR count). The maximum Gasteiger partial charge on any atom is 0.483 e. The van der Waals surface area contributed by atoms with Gasteiger partial charge in [0.05, 0.1) is 19.3 Å². The lowest BCUT2D eigenvalue weighted by molar-refractivity contribution is -0.259. The molecular formula is C16H26N2O16P2. The van der Waals surface area contributed by atoms with Crippen LogP contribution in [0.5, 0.6) is 0 Å². The quantitative estimate of drug-likeness (QED) is 0.135. The average molecular weight is 564 g/mol. The van der Waals surface area contributed by atoms with E-state index in [1.165, 1.54) is 6.92 Å². The van der Waals surface area contributed by atoms with Gasteiger partial charge in [-0.2, -0.15) is 4.31 Å². The lowest BCUT2D eigenvalue weighted by atomic mass is 9.93. The Balaban J connectivity index is 1.61. The lowest BCUT2D eigenvalue weighted by Gasteiger charge is -2.40. The van der Waals surface area contributed by atoms with E-state index < -0.39 is 95.2 Å². The normalized spacial score (nSPS) is 38.4. The number of nitrogens with one attached hydrogen (secondary N) is 1. The number of nitrogens with zero attached hydrogens (tertiary/aromatic N) is 1. The third-order valence-electron chi connectivity index (χ3n) is 5.50. The molecule has 0 amide bonds. The van der Waals surface area contributed by atoms with Crippen molar-refractivity contribution in [3.63, 3.8) is 0 Å². The van der Waals surface area contributed by atoms with Crippen molar-refractivity contribution >= 4 is 15.6 Å². The van der Waals surface area contributed by atoms with Crippen LogP contribution in [-0.2, 0) is 32.0 Å². The molecule has 206 valence electrons. The van der Waals surface area contributed by atoms with E-state index in [9.17, 15) is 54.0 Å². The number of aromatic nitrogens is 2. The number of hydrogen-bond donors (Lipinski definition) is 8. The summed E-state index contributed by atoms with van der Waals surface area (Å²) in [5.41, 5.74) is -1.71. The van der Waals surface area contributed by atoms with E-state index >= 15 is 0 Å². The fraction of sp³-hybridized carbons (Fsp3) is 0.750. The second-order valence-corrected chi connectivity index (χ2v) is 11.0. The van der Waals surface area contributed by atoms with Gasteiger partial charge in [-0.1, -0.05) is 6.92 Å². The highest BCUT2D eigenvalue weighted by Crippen LogP contribution is 2.61. The molecule has 2 saturated heterocycles. The summed E-state index contributed by atoms with van der Waals surface area (Å²) in [6, 6.07) is 0.946. The van der Waals surface area contributed by atoms with Gasteiger partial charge < -0.3 is 44.8 Å². The van der Waals surface area contributed by atoms with E-state index in [-0.39, 0.29) is 0 Å². The zero-order valence-corrected chi connectivity index (χ0v) is 20.2. The molecule has 0 bridgehead atoms. The molecule has 2 aliphatic rings. The summed E-state index contributed by atoms with van der Waals surface area (Å²) in [7, 11) is -10.8. The minimum atomic E-state index is -5.43. The first kappa shape index (κ1) is 29.2. The summed E-state index contributed by atoms with van der Waals surface area (Å²) < 4.78 is 49.0. The molecule has 0 aromatic carbocycles. The zero-order valence-electron chi connectivity index (χ0n) is 18.4. The predicted molar refractivity (Wildman–Crippen MR) is 112 cm³/mol. The first-order valence-corrected chi connectivity index (χ1v) is 13.3. The summed E-state index contributed by atoms with van der Waals surface area (Å²) in [5, 5.41) is 49.3. The second-order valence-electron chi connectivity index (χ2n) is 8.05. The van der Waals surface area contributed by atoms with Crippen LogP contribution in [0, 0.1) is 5.92 Å².